The van der Waals surface area contributed by atoms with Crippen LogP contribution < -0.4 is 10.9 Å². The molecule has 0 aliphatic rings. The number of halogens is 3. The van der Waals surface area contributed by atoms with Crippen molar-refractivity contribution in [3.8, 4) is 0 Å². The zero-order valence-corrected chi connectivity index (χ0v) is 16.4. The van der Waals surface area contributed by atoms with Crippen LogP contribution in [0.5, 0.6) is 0 Å². The average molecular weight is 426 g/mol. The van der Waals surface area contributed by atoms with E-state index in [1.807, 2.05) is 0 Å². The number of carbonyl (C=O) groups is 1. The van der Waals surface area contributed by atoms with Crippen molar-refractivity contribution >= 4 is 16.9 Å². The van der Waals surface area contributed by atoms with Crippen LogP contribution in [0.1, 0.15) is 27.2 Å². The van der Waals surface area contributed by atoms with E-state index in [0.29, 0.717) is 5.56 Å². The van der Waals surface area contributed by atoms with E-state index < -0.39 is 28.9 Å². The Morgan fingerprint density at radius 3 is 2.58 bits per heavy atom. The number of pyridine rings is 1. The van der Waals surface area contributed by atoms with Gasteiger partial charge in [0.05, 0.1) is 17.5 Å². The second kappa shape index (κ2) is 8.14. The van der Waals surface area contributed by atoms with E-state index in [4.69, 9.17) is 4.42 Å². The van der Waals surface area contributed by atoms with Gasteiger partial charge >= 0.3 is 0 Å². The summed E-state index contributed by atoms with van der Waals surface area (Å²) in [7, 11) is 0. The van der Waals surface area contributed by atoms with Crippen molar-refractivity contribution in [3.05, 3.63) is 105 Å². The number of amides is 1. The highest BCUT2D eigenvalue weighted by Crippen LogP contribution is 2.23. The summed E-state index contributed by atoms with van der Waals surface area (Å²) in [6.45, 7) is 1.46. The van der Waals surface area contributed by atoms with Gasteiger partial charge in [0, 0.05) is 24.4 Å². The van der Waals surface area contributed by atoms with Crippen LogP contribution in [0.3, 0.4) is 0 Å². The Kier molecular flexibility index (Phi) is 5.37. The third kappa shape index (κ3) is 4.09. The second-order valence-corrected chi connectivity index (χ2v) is 7.07. The van der Waals surface area contributed by atoms with E-state index >= 15 is 0 Å². The first kappa shape index (κ1) is 20.5. The van der Waals surface area contributed by atoms with E-state index in [-0.39, 0.29) is 40.9 Å². The molecule has 0 spiro atoms. The van der Waals surface area contributed by atoms with Crippen LogP contribution in [0, 0.1) is 24.4 Å². The summed E-state index contributed by atoms with van der Waals surface area (Å²) in [6, 6.07) is 10.5. The van der Waals surface area contributed by atoms with Gasteiger partial charge in [0.2, 0.25) is 0 Å². The van der Waals surface area contributed by atoms with Crippen molar-refractivity contribution in [2.24, 2.45) is 0 Å². The standard InChI is InChI=1S/C23H17F3N2O3/c1-13-20(22(29)27-11-15-5-6-17(25)10-18(15)26)21-19(31-13)7-8-28(23(21)30)12-14-3-2-4-16(24)9-14/h2-10H,11-12H2,1H3,(H,27,29). The van der Waals surface area contributed by atoms with Crippen LogP contribution in [0.25, 0.3) is 11.0 Å². The van der Waals surface area contributed by atoms with E-state index in [1.54, 1.807) is 25.1 Å². The molecule has 0 aliphatic heterocycles. The third-order valence-electron chi connectivity index (χ3n) is 4.92. The van der Waals surface area contributed by atoms with Gasteiger partial charge in [-0.2, -0.15) is 0 Å². The van der Waals surface area contributed by atoms with E-state index in [9.17, 15) is 22.8 Å². The van der Waals surface area contributed by atoms with Crippen LogP contribution in [0.2, 0.25) is 0 Å². The van der Waals surface area contributed by atoms with E-state index in [2.05, 4.69) is 5.32 Å². The summed E-state index contributed by atoms with van der Waals surface area (Å²) in [6.07, 6.45) is 1.51. The molecule has 2 heterocycles. The molecule has 0 unspecified atom stereocenters. The Morgan fingerprint density at radius 1 is 1.06 bits per heavy atom. The average Bonchev–Trinajstić information content (AvgIpc) is 3.06. The lowest BCUT2D eigenvalue weighted by Gasteiger charge is -2.08. The number of benzene rings is 2. The fourth-order valence-corrected chi connectivity index (χ4v) is 3.42. The molecule has 8 heteroatoms. The minimum absolute atomic E-state index is 0.0381. The number of nitrogens with one attached hydrogen (secondary N) is 1. The van der Waals surface area contributed by atoms with Gasteiger partial charge in [0.25, 0.3) is 11.5 Å². The minimum Gasteiger partial charge on any atom is -0.460 e. The fraction of sp³-hybridized carbons (Fsp3) is 0.130. The topological polar surface area (TPSA) is 64.2 Å². The lowest BCUT2D eigenvalue weighted by Crippen LogP contribution is -2.26. The summed E-state index contributed by atoms with van der Waals surface area (Å²) >= 11 is 0. The van der Waals surface area contributed by atoms with Crippen molar-refractivity contribution < 1.29 is 22.4 Å². The monoisotopic (exact) mass is 426 g/mol. The zero-order valence-electron chi connectivity index (χ0n) is 16.4. The minimum atomic E-state index is -0.786. The molecule has 158 valence electrons. The van der Waals surface area contributed by atoms with Crippen molar-refractivity contribution in [1.82, 2.24) is 9.88 Å². The summed E-state index contributed by atoms with van der Waals surface area (Å²) in [5.74, 6) is -2.32. The first-order valence-electron chi connectivity index (χ1n) is 9.42. The molecule has 1 N–H and O–H groups in total. The van der Waals surface area contributed by atoms with Crippen LogP contribution >= 0.6 is 0 Å². The second-order valence-electron chi connectivity index (χ2n) is 7.07. The number of fused-ring (bicyclic) bond motifs is 1. The maximum absolute atomic E-state index is 13.8. The van der Waals surface area contributed by atoms with Crippen molar-refractivity contribution in [3.63, 3.8) is 0 Å². The highest BCUT2D eigenvalue weighted by Gasteiger charge is 2.22. The van der Waals surface area contributed by atoms with Gasteiger partial charge < -0.3 is 14.3 Å². The summed E-state index contributed by atoms with van der Waals surface area (Å²) < 4.78 is 47.3. The lowest BCUT2D eigenvalue weighted by atomic mass is 10.1. The summed E-state index contributed by atoms with van der Waals surface area (Å²) in [5.41, 5.74) is 0.479. The number of nitrogens with zero attached hydrogens (tertiary/aromatic N) is 1. The Morgan fingerprint density at radius 2 is 1.84 bits per heavy atom. The molecule has 0 radical (unpaired) electrons. The van der Waals surface area contributed by atoms with Gasteiger partial charge in [-0.25, -0.2) is 13.2 Å². The van der Waals surface area contributed by atoms with E-state index in [1.165, 1.54) is 29.0 Å². The molecule has 0 saturated carbocycles. The van der Waals surface area contributed by atoms with Crippen LogP contribution in [-0.2, 0) is 13.1 Å². The smallest absolute Gasteiger partial charge is 0.262 e. The normalized spacial score (nSPS) is 11.1. The SMILES string of the molecule is Cc1oc2ccn(Cc3cccc(F)c3)c(=O)c2c1C(=O)NCc1ccc(F)cc1F. The Labute approximate surface area is 174 Å². The summed E-state index contributed by atoms with van der Waals surface area (Å²) in [4.78, 5) is 25.8. The van der Waals surface area contributed by atoms with Crippen molar-refractivity contribution in [1.29, 1.82) is 0 Å². The largest absolute Gasteiger partial charge is 0.460 e. The molecule has 0 atom stereocenters. The van der Waals surface area contributed by atoms with Gasteiger partial charge in [0.15, 0.2) is 0 Å². The number of furan rings is 1. The number of hydrogen-bond acceptors (Lipinski definition) is 3. The molecule has 1 amide bonds. The predicted octanol–water partition coefficient (Wildman–Crippen LogP) is 4.30. The van der Waals surface area contributed by atoms with E-state index in [0.717, 1.165) is 12.1 Å². The highest BCUT2D eigenvalue weighted by molar-refractivity contribution is 6.06. The maximum Gasteiger partial charge on any atom is 0.262 e. The maximum atomic E-state index is 13.8. The van der Waals surface area contributed by atoms with Crippen molar-refractivity contribution in [2.45, 2.75) is 20.0 Å². The number of aryl methyl sites for hydroxylation is 1. The highest BCUT2D eigenvalue weighted by atomic mass is 19.1. The molecular formula is C23H17F3N2O3. The molecule has 2 aromatic heterocycles. The van der Waals surface area contributed by atoms with Crippen LogP contribution in [-0.4, -0.2) is 10.5 Å². The Balaban J connectivity index is 1.66. The molecule has 0 bridgehead atoms. The molecule has 31 heavy (non-hydrogen) atoms. The Bertz CT molecular complexity index is 1360. The number of carbonyl (C=O) groups excluding carboxylic acids is 1. The molecular weight excluding hydrogens is 409 g/mol. The quantitative estimate of drug-likeness (QED) is 0.518. The predicted molar refractivity (Wildman–Crippen MR) is 108 cm³/mol. The first-order chi connectivity index (χ1) is 14.8. The van der Waals surface area contributed by atoms with Crippen molar-refractivity contribution in [2.75, 3.05) is 0 Å². The molecule has 0 saturated heterocycles. The van der Waals surface area contributed by atoms with Gasteiger partial charge in [-0.3, -0.25) is 9.59 Å². The van der Waals surface area contributed by atoms with Gasteiger partial charge in [-0.1, -0.05) is 18.2 Å². The Hall–Kier alpha value is -3.81. The molecule has 5 nitrogen and oxygen atoms in total. The molecule has 0 fully saturated rings. The van der Waals surface area contributed by atoms with Crippen LogP contribution in [0.4, 0.5) is 13.2 Å². The fourth-order valence-electron chi connectivity index (χ4n) is 3.42. The number of aromatic nitrogens is 1. The number of hydrogen-bond donors (Lipinski definition) is 1. The lowest BCUT2D eigenvalue weighted by molar-refractivity contribution is 0.0950. The number of rotatable bonds is 5. The van der Waals surface area contributed by atoms with Gasteiger partial charge in [0.1, 0.15) is 28.8 Å². The zero-order chi connectivity index (χ0) is 22.1. The molecule has 4 rings (SSSR count). The van der Waals surface area contributed by atoms with Gasteiger partial charge in [-0.15, -0.1) is 0 Å². The molecule has 4 aromatic rings. The van der Waals surface area contributed by atoms with Gasteiger partial charge in [-0.05, 0) is 36.8 Å². The first-order valence-corrected chi connectivity index (χ1v) is 9.42. The molecule has 0 aliphatic carbocycles. The third-order valence-corrected chi connectivity index (χ3v) is 4.92. The summed E-state index contributed by atoms with van der Waals surface area (Å²) in [5, 5.41) is 2.62. The van der Waals surface area contributed by atoms with Crippen LogP contribution in [0.15, 0.2) is 63.9 Å². The molecule has 2 aromatic carbocycles.